The molecule has 10 aromatic carbocycles. The van der Waals surface area contributed by atoms with Crippen LogP contribution in [0, 0.1) is 0 Å². The van der Waals surface area contributed by atoms with Crippen LogP contribution in [0.3, 0.4) is 0 Å². The van der Waals surface area contributed by atoms with Crippen molar-refractivity contribution < 1.29 is 0 Å². The Bertz CT molecular complexity index is 2950. The maximum atomic E-state index is 2.44. The highest BCUT2D eigenvalue weighted by Crippen LogP contribution is 2.45. The van der Waals surface area contributed by atoms with Crippen molar-refractivity contribution >= 4 is 60.2 Å². The second kappa shape index (κ2) is 13.0. The Hall–Kier alpha value is -6.96. The number of rotatable bonds is 6. The van der Waals surface area contributed by atoms with Gasteiger partial charge in [-0.05, 0) is 107 Å². The van der Waals surface area contributed by atoms with Crippen LogP contribution in [0.15, 0.2) is 212 Å². The summed E-state index contributed by atoms with van der Waals surface area (Å²) in [6.45, 7) is 0. The van der Waals surface area contributed by atoms with Gasteiger partial charge in [0.05, 0.1) is 5.69 Å². The zero-order valence-corrected chi connectivity index (χ0v) is 29.2. The molecule has 10 rings (SSSR count). The number of hydrogen-bond acceptors (Lipinski definition) is 1. The Balaban J connectivity index is 1.21. The standard InChI is InChI=1S/C52H35N/c1-2-15-36(16-3-1)46-31-32-52(50-29-11-10-27-48(46)50)53(41-22-12-20-38(33-41)44-30-14-19-37-17-4-6-24-43(37)44)42-23-13-21-39(34-42)51-35-40-18-5-7-25-45(40)47-26-8-9-28-49(47)51/h1-35H. The maximum Gasteiger partial charge on any atom is 0.0540 e. The summed E-state index contributed by atoms with van der Waals surface area (Å²) in [6, 6.07) is 77.3. The Kier molecular flexibility index (Phi) is 7.55. The molecule has 0 fully saturated rings. The van der Waals surface area contributed by atoms with Gasteiger partial charge in [0.25, 0.3) is 0 Å². The fourth-order valence-electron chi connectivity index (χ4n) is 8.17. The SMILES string of the molecule is c1ccc(-c2ccc(N(c3cccc(-c4cccc5ccccc45)c3)c3cccc(-c4cc5ccccc5c5ccccc45)c3)c3ccccc23)cc1. The molecule has 0 saturated carbocycles. The molecule has 0 saturated heterocycles. The minimum Gasteiger partial charge on any atom is -0.310 e. The van der Waals surface area contributed by atoms with Crippen molar-refractivity contribution in [2.45, 2.75) is 0 Å². The number of fused-ring (bicyclic) bond motifs is 5. The van der Waals surface area contributed by atoms with E-state index in [0.29, 0.717) is 0 Å². The molecule has 0 spiro atoms. The lowest BCUT2D eigenvalue weighted by Gasteiger charge is -2.28. The van der Waals surface area contributed by atoms with Crippen molar-refractivity contribution in [3.05, 3.63) is 212 Å². The van der Waals surface area contributed by atoms with Crippen LogP contribution < -0.4 is 4.90 Å². The van der Waals surface area contributed by atoms with Crippen LogP contribution in [0.4, 0.5) is 17.1 Å². The third-order valence-electron chi connectivity index (χ3n) is 10.6. The molecule has 0 atom stereocenters. The summed E-state index contributed by atoms with van der Waals surface area (Å²) in [4.78, 5) is 2.44. The van der Waals surface area contributed by atoms with Crippen molar-refractivity contribution in [2.75, 3.05) is 4.90 Å². The molecule has 0 N–H and O–H groups in total. The average molecular weight is 674 g/mol. The highest BCUT2D eigenvalue weighted by molar-refractivity contribution is 6.14. The monoisotopic (exact) mass is 673 g/mol. The molecular formula is C52H35N. The number of hydrogen-bond donors (Lipinski definition) is 0. The maximum absolute atomic E-state index is 2.44. The van der Waals surface area contributed by atoms with Gasteiger partial charge in [0, 0.05) is 16.8 Å². The number of anilines is 3. The van der Waals surface area contributed by atoms with Crippen LogP contribution >= 0.6 is 0 Å². The molecule has 10 aromatic rings. The largest absolute Gasteiger partial charge is 0.310 e. The zero-order valence-electron chi connectivity index (χ0n) is 29.2. The smallest absolute Gasteiger partial charge is 0.0540 e. The van der Waals surface area contributed by atoms with Gasteiger partial charge in [-0.2, -0.15) is 0 Å². The van der Waals surface area contributed by atoms with Gasteiger partial charge in [-0.3, -0.25) is 0 Å². The molecule has 53 heavy (non-hydrogen) atoms. The van der Waals surface area contributed by atoms with Gasteiger partial charge in [0.15, 0.2) is 0 Å². The first-order chi connectivity index (χ1) is 26.3. The van der Waals surface area contributed by atoms with Crippen LogP contribution in [0.25, 0.3) is 76.5 Å². The van der Waals surface area contributed by atoms with Gasteiger partial charge in [0.1, 0.15) is 0 Å². The Labute approximate surface area is 309 Å². The second-order valence-electron chi connectivity index (χ2n) is 13.7. The van der Waals surface area contributed by atoms with Gasteiger partial charge in [0.2, 0.25) is 0 Å². The van der Waals surface area contributed by atoms with Gasteiger partial charge >= 0.3 is 0 Å². The minimum absolute atomic E-state index is 1.10. The van der Waals surface area contributed by atoms with Crippen molar-refractivity contribution in [3.63, 3.8) is 0 Å². The Morgan fingerprint density at radius 1 is 0.245 bits per heavy atom. The fraction of sp³-hybridized carbons (Fsp3) is 0. The third-order valence-corrected chi connectivity index (χ3v) is 10.6. The summed E-state index contributed by atoms with van der Waals surface area (Å²) in [5.74, 6) is 0. The van der Waals surface area contributed by atoms with Crippen LogP contribution in [0.2, 0.25) is 0 Å². The van der Waals surface area contributed by atoms with Gasteiger partial charge in [-0.15, -0.1) is 0 Å². The van der Waals surface area contributed by atoms with E-state index in [1.54, 1.807) is 0 Å². The molecule has 1 nitrogen and oxygen atoms in total. The van der Waals surface area contributed by atoms with E-state index in [1.807, 2.05) is 0 Å². The normalized spacial score (nSPS) is 11.4. The first kappa shape index (κ1) is 30.8. The molecule has 1 heteroatoms. The molecular weight excluding hydrogens is 639 g/mol. The zero-order chi connectivity index (χ0) is 35.1. The molecule has 0 aliphatic heterocycles. The van der Waals surface area contributed by atoms with Crippen molar-refractivity contribution in [1.82, 2.24) is 0 Å². The predicted molar refractivity (Wildman–Crippen MR) is 227 cm³/mol. The minimum atomic E-state index is 1.10. The number of benzene rings is 10. The Morgan fingerprint density at radius 2 is 0.736 bits per heavy atom. The van der Waals surface area contributed by atoms with Crippen molar-refractivity contribution in [3.8, 4) is 33.4 Å². The lowest BCUT2D eigenvalue weighted by molar-refractivity contribution is 1.30. The highest BCUT2D eigenvalue weighted by atomic mass is 15.1. The van der Waals surface area contributed by atoms with Crippen LogP contribution in [-0.2, 0) is 0 Å². The van der Waals surface area contributed by atoms with E-state index in [4.69, 9.17) is 0 Å². The topological polar surface area (TPSA) is 3.24 Å². The molecule has 0 aromatic heterocycles. The molecule has 0 aliphatic rings. The lowest BCUT2D eigenvalue weighted by atomic mass is 9.92. The molecule has 0 aliphatic carbocycles. The lowest BCUT2D eigenvalue weighted by Crippen LogP contribution is -2.11. The van der Waals surface area contributed by atoms with Gasteiger partial charge in [-0.1, -0.05) is 176 Å². The Morgan fingerprint density at radius 3 is 1.47 bits per heavy atom. The summed E-state index contributed by atoms with van der Waals surface area (Å²) < 4.78 is 0. The third kappa shape index (κ3) is 5.42. The van der Waals surface area contributed by atoms with E-state index in [0.717, 1.165) is 17.1 Å². The fourth-order valence-corrected chi connectivity index (χ4v) is 8.17. The van der Waals surface area contributed by atoms with E-state index >= 15 is 0 Å². The van der Waals surface area contributed by atoms with Crippen LogP contribution in [0.5, 0.6) is 0 Å². The van der Waals surface area contributed by atoms with E-state index in [1.165, 1.54) is 76.5 Å². The second-order valence-corrected chi connectivity index (χ2v) is 13.7. The first-order valence-electron chi connectivity index (χ1n) is 18.3. The summed E-state index contributed by atoms with van der Waals surface area (Å²) in [5, 5.41) is 9.97. The van der Waals surface area contributed by atoms with Crippen molar-refractivity contribution in [2.24, 2.45) is 0 Å². The van der Waals surface area contributed by atoms with E-state index < -0.39 is 0 Å². The van der Waals surface area contributed by atoms with E-state index in [-0.39, 0.29) is 0 Å². The quantitative estimate of drug-likeness (QED) is 0.159. The average Bonchev–Trinajstić information content (AvgIpc) is 3.24. The van der Waals surface area contributed by atoms with E-state index in [2.05, 4.69) is 217 Å². The molecule has 0 bridgehead atoms. The molecule has 248 valence electrons. The van der Waals surface area contributed by atoms with Crippen LogP contribution in [0.1, 0.15) is 0 Å². The number of nitrogens with zero attached hydrogens (tertiary/aromatic N) is 1. The highest BCUT2D eigenvalue weighted by Gasteiger charge is 2.19. The summed E-state index contributed by atoms with van der Waals surface area (Å²) >= 11 is 0. The molecule has 0 heterocycles. The van der Waals surface area contributed by atoms with Gasteiger partial charge in [-0.25, -0.2) is 0 Å². The molecule has 0 radical (unpaired) electrons. The predicted octanol–water partition coefficient (Wildman–Crippen LogP) is 14.8. The summed E-state index contributed by atoms with van der Waals surface area (Å²) in [7, 11) is 0. The first-order valence-corrected chi connectivity index (χ1v) is 18.3. The summed E-state index contributed by atoms with van der Waals surface area (Å²) in [6.07, 6.45) is 0. The van der Waals surface area contributed by atoms with E-state index in [9.17, 15) is 0 Å². The van der Waals surface area contributed by atoms with Crippen LogP contribution in [-0.4, -0.2) is 0 Å². The molecule has 0 unspecified atom stereocenters. The van der Waals surface area contributed by atoms with Crippen molar-refractivity contribution in [1.29, 1.82) is 0 Å². The summed E-state index contributed by atoms with van der Waals surface area (Å²) in [5.41, 5.74) is 10.6. The van der Waals surface area contributed by atoms with Gasteiger partial charge < -0.3 is 4.90 Å². The molecule has 0 amide bonds.